The second-order valence-electron chi connectivity index (χ2n) is 19.9. The summed E-state index contributed by atoms with van der Waals surface area (Å²) in [7, 11) is 5.05. The molecule has 3 fully saturated rings. The van der Waals surface area contributed by atoms with Gasteiger partial charge in [-0.1, -0.05) is 64.5 Å². The van der Waals surface area contributed by atoms with E-state index >= 15 is 4.79 Å². The number of likely N-dealkylation sites (N-methyl/N-ethyl adjacent to an activating group) is 1. The quantitative estimate of drug-likeness (QED) is 0.119. The Labute approximate surface area is 365 Å². The number of carboxylic acid groups (broad SMARTS) is 1. The second kappa shape index (κ2) is 15.3. The maximum absolute atomic E-state index is 15.4. The highest BCUT2D eigenvalue weighted by atomic mass is 16.5. The average Bonchev–Trinajstić information content (AvgIpc) is 3.93. The number of benzene rings is 2. The Bertz CT molecular complexity index is 2280. The second-order valence-corrected chi connectivity index (χ2v) is 19.9. The maximum atomic E-state index is 15.4. The van der Waals surface area contributed by atoms with Crippen molar-refractivity contribution in [3.05, 3.63) is 70.9 Å². The molecule has 0 radical (unpaired) electrons. The number of aromatic nitrogens is 1. The van der Waals surface area contributed by atoms with E-state index in [1.807, 2.05) is 46.0 Å². The summed E-state index contributed by atoms with van der Waals surface area (Å²) in [5.74, 6) is -1.20. The highest BCUT2D eigenvalue weighted by Crippen LogP contribution is 2.67. The predicted molar refractivity (Wildman–Crippen MR) is 238 cm³/mol. The van der Waals surface area contributed by atoms with E-state index in [1.54, 1.807) is 7.11 Å². The van der Waals surface area contributed by atoms with Crippen molar-refractivity contribution in [2.24, 2.45) is 17.3 Å². The van der Waals surface area contributed by atoms with Gasteiger partial charge in [0.25, 0.3) is 0 Å². The molecule has 6 heterocycles. The zero-order valence-corrected chi connectivity index (χ0v) is 37.5. The summed E-state index contributed by atoms with van der Waals surface area (Å²) < 4.78 is 12.4. The van der Waals surface area contributed by atoms with E-state index < -0.39 is 57.6 Å². The first kappa shape index (κ1) is 43.3. The van der Waals surface area contributed by atoms with E-state index in [0.717, 1.165) is 53.0 Å². The number of aromatic amines is 1. The number of H-pyrrole nitrogens is 1. The molecule has 6 N–H and O–H groups in total. The zero-order valence-electron chi connectivity index (χ0n) is 37.5. The molecule has 0 amide bonds. The van der Waals surface area contributed by atoms with Gasteiger partial charge in [-0.3, -0.25) is 19.4 Å². The van der Waals surface area contributed by atoms with Crippen LogP contribution in [0.4, 0.5) is 5.69 Å². The number of hydrogen-bond acceptors (Lipinski definition) is 11. The van der Waals surface area contributed by atoms with E-state index in [4.69, 9.17) is 9.47 Å². The summed E-state index contributed by atoms with van der Waals surface area (Å²) in [6, 6.07) is 10.6. The van der Waals surface area contributed by atoms with Gasteiger partial charge in [0.05, 0.1) is 32.0 Å². The monoisotopic (exact) mass is 853 g/mol. The molecule has 13 heteroatoms. The molecule has 12 atom stereocenters. The SMILES string of the molecule is CC[C@H](C)[C@H](NC[C@@]1(O)[C@H](O)[C@]2(CC)C=CCN3CC[C@@]4(c5cc([C@@]6(C(=O)OC)C[C@@H]7CN(CCc8c6[nH]c6ccccc86)C[C@](O)(CC)C7)c(OC)cc5N(C)[C@@H]14)[C@@H]32)C(=O)O. The maximum Gasteiger partial charge on any atom is 0.322 e. The number of esters is 1. The minimum atomic E-state index is -1.81. The number of para-hydroxylation sites is 1. The summed E-state index contributed by atoms with van der Waals surface area (Å²) in [6.45, 7) is 11.2. The van der Waals surface area contributed by atoms with E-state index in [1.165, 1.54) is 7.11 Å². The number of ether oxygens (including phenoxy) is 2. The number of hydrogen-bond donors (Lipinski definition) is 6. The van der Waals surface area contributed by atoms with Gasteiger partial charge in [-0.2, -0.15) is 0 Å². The van der Waals surface area contributed by atoms with Crippen molar-refractivity contribution in [2.45, 2.75) is 119 Å². The Kier molecular flexibility index (Phi) is 10.7. The number of carbonyl (C=O) groups is 2. The van der Waals surface area contributed by atoms with Crippen molar-refractivity contribution in [1.82, 2.24) is 20.1 Å². The summed E-state index contributed by atoms with van der Waals surface area (Å²) >= 11 is 0. The van der Waals surface area contributed by atoms with Crippen LogP contribution in [0.25, 0.3) is 10.9 Å². The lowest BCUT2D eigenvalue weighted by Crippen LogP contribution is -2.80. The first-order valence-electron chi connectivity index (χ1n) is 23.0. The number of nitrogens with one attached hydrogen (secondary N) is 2. The molecule has 62 heavy (non-hydrogen) atoms. The lowest BCUT2D eigenvalue weighted by molar-refractivity contribution is -0.198. The minimum absolute atomic E-state index is 0.0800. The molecule has 9 rings (SSSR count). The van der Waals surface area contributed by atoms with Gasteiger partial charge in [-0.05, 0) is 80.2 Å². The first-order chi connectivity index (χ1) is 29.6. The number of methoxy groups -OCH3 is 2. The van der Waals surface area contributed by atoms with Crippen molar-refractivity contribution in [1.29, 1.82) is 0 Å². The van der Waals surface area contributed by atoms with Gasteiger partial charge in [0, 0.05) is 90.6 Å². The fourth-order valence-electron chi connectivity index (χ4n) is 14.2. The highest BCUT2D eigenvalue weighted by molar-refractivity contribution is 5.94. The summed E-state index contributed by atoms with van der Waals surface area (Å²) in [5, 5.41) is 53.1. The van der Waals surface area contributed by atoms with Crippen molar-refractivity contribution in [2.75, 3.05) is 65.4 Å². The van der Waals surface area contributed by atoms with Crippen LogP contribution in [-0.4, -0.2) is 143 Å². The van der Waals surface area contributed by atoms with Crippen LogP contribution in [0.5, 0.6) is 5.75 Å². The fraction of sp³-hybridized carbons (Fsp3) is 0.633. The molecule has 1 saturated carbocycles. The number of anilines is 1. The smallest absolute Gasteiger partial charge is 0.322 e. The molecular weight excluding hydrogens is 787 g/mol. The third-order valence-corrected chi connectivity index (χ3v) is 17.0. The fourth-order valence-corrected chi connectivity index (χ4v) is 14.2. The molecule has 1 aromatic heterocycles. The van der Waals surface area contributed by atoms with Crippen LogP contribution < -0.4 is 15.0 Å². The van der Waals surface area contributed by atoms with Crippen molar-refractivity contribution in [3.63, 3.8) is 0 Å². The van der Waals surface area contributed by atoms with E-state index in [0.29, 0.717) is 69.3 Å². The standard InChI is InChI=1S/C49H67N5O8/c1-8-29(4)38(40(55)56)50-27-49(60)42-47(18-21-54-19-13-17-46(10-3,41(47)54)43(49)57)33-22-34(37(61-6)23-36(33)52(42)5)48(44(58)62-7)25-30-24-45(59,9-2)28-53(26-30)20-16-32-31-14-11-12-15-35(31)51-39(32)48/h11-15,17,22-23,29-30,38,41-43,50-51,57,59-60H,8-10,16,18-21,24-28H2,1-7H3,(H,55,56)/t29-,30+,38-,41-,42+,43+,45-,46+,47+,48-,49-/m0/s1. The number of rotatable bonds is 11. The van der Waals surface area contributed by atoms with Gasteiger partial charge in [0.15, 0.2) is 0 Å². The van der Waals surface area contributed by atoms with Crippen LogP contribution in [0.15, 0.2) is 48.6 Å². The Morgan fingerprint density at radius 1 is 1.03 bits per heavy atom. The first-order valence-corrected chi connectivity index (χ1v) is 23.0. The Hall–Kier alpha value is -3.98. The number of carboxylic acids is 1. The van der Waals surface area contributed by atoms with Crippen LogP contribution in [-0.2, 0) is 31.6 Å². The van der Waals surface area contributed by atoms with Crippen LogP contribution >= 0.6 is 0 Å². The molecule has 2 aromatic carbocycles. The Morgan fingerprint density at radius 3 is 2.50 bits per heavy atom. The highest BCUT2D eigenvalue weighted by Gasteiger charge is 2.76. The van der Waals surface area contributed by atoms with Crippen LogP contribution in [0, 0.1) is 17.3 Å². The molecule has 1 aliphatic carbocycles. The van der Waals surface area contributed by atoms with Crippen molar-refractivity contribution in [3.8, 4) is 5.75 Å². The van der Waals surface area contributed by atoms with Crippen molar-refractivity contribution < 1.29 is 39.5 Å². The van der Waals surface area contributed by atoms with Gasteiger partial charge in [-0.25, -0.2) is 0 Å². The van der Waals surface area contributed by atoms with Gasteiger partial charge >= 0.3 is 11.9 Å². The largest absolute Gasteiger partial charge is 0.496 e. The number of carbonyl (C=O) groups excluding carboxylic acids is 1. The van der Waals surface area contributed by atoms with Crippen LogP contribution in [0.1, 0.15) is 88.6 Å². The Balaban J connectivity index is 1.31. The number of aliphatic hydroxyl groups is 3. The number of aliphatic carboxylic acids is 1. The van der Waals surface area contributed by atoms with E-state index in [9.17, 15) is 25.2 Å². The zero-order chi connectivity index (χ0) is 44.1. The van der Waals surface area contributed by atoms with Gasteiger partial charge in [-0.15, -0.1) is 0 Å². The Morgan fingerprint density at radius 2 is 1.81 bits per heavy atom. The van der Waals surface area contributed by atoms with Gasteiger partial charge < -0.3 is 45.1 Å². The molecule has 1 unspecified atom stereocenters. The molecular formula is C49H67N5O8. The topological polar surface area (TPSA) is 171 Å². The molecule has 13 nitrogen and oxygen atoms in total. The van der Waals surface area contributed by atoms with E-state index in [2.05, 4.69) is 62.3 Å². The van der Waals surface area contributed by atoms with Crippen molar-refractivity contribution >= 4 is 28.5 Å². The number of fused-ring (bicyclic) bond motifs is 6. The average molecular weight is 854 g/mol. The summed E-state index contributed by atoms with van der Waals surface area (Å²) in [4.78, 5) is 38.8. The predicted octanol–water partition coefficient (Wildman–Crippen LogP) is 4.34. The number of nitrogens with zero attached hydrogens (tertiary/aromatic N) is 3. The van der Waals surface area contributed by atoms with Crippen LogP contribution in [0.2, 0.25) is 0 Å². The molecule has 2 saturated heterocycles. The minimum Gasteiger partial charge on any atom is -0.496 e. The van der Waals surface area contributed by atoms with Gasteiger partial charge in [0.1, 0.15) is 22.8 Å². The lowest BCUT2D eigenvalue weighted by Gasteiger charge is -2.64. The molecule has 2 bridgehead atoms. The van der Waals surface area contributed by atoms with Crippen LogP contribution in [0.3, 0.4) is 0 Å². The molecule has 336 valence electrons. The lowest BCUT2D eigenvalue weighted by atomic mass is 9.47. The molecule has 5 aliphatic heterocycles. The molecule has 3 aromatic rings. The summed E-state index contributed by atoms with van der Waals surface area (Å²) in [5.41, 5.74) is -0.537. The third-order valence-electron chi connectivity index (χ3n) is 17.0. The van der Waals surface area contributed by atoms with Gasteiger partial charge in [0.2, 0.25) is 0 Å². The van der Waals surface area contributed by atoms with E-state index in [-0.39, 0.29) is 24.4 Å². The normalized spacial score (nSPS) is 37.0. The molecule has 6 aliphatic rings. The number of piperidine rings is 1. The number of aliphatic hydroxyl groups excluding tert-OH is 1. The third kappa shape index (κ3) is 5.87. The summed E-state index contributed by atoms with van der Waals surface area (Å²) in [6.07, 6.45) is 6.96. The molecule has 1 spiro atoms.